The minimum atomic E-state index is -0.665. The molecule has 0 aromatic carbocycles. The Kier molecular flexibility index (Phi) is 3.39. The number of amides is 2. The van der Waals surface area contributed by atoms with Gasteiger partial charge in [0.15, 0.2) is 0 Å². The molecule has 2 aliphatic rings. The molecule has 0 aromatic rings. The second-order valence-corrected chi connectivity index (χ2v) is 5.89. The predicted octanol–water partition coefficient (Wildman–Crippen LogP) is 1.55. The van der Waals surface area contributed by atoms with E-state index in [0.717, 1.165) is 6.54 Å². The van der Waals surface area contributed by atoms with Crippen molar-refractivity contribution in [2.24, 2.45) is 11.8 Å². The highest BCUT2D eigenvalue weighted by Crippen LogP contribution is 2.39. The van der Waals surface area contributed by atoms with Gasteiger partial charge in [-0.3, -0.25) is 9.59 Å². The number of nitrogens with zero attached hydrogens (tertiary/aromatic N) is 1. The molecule has 3 atom stereocenters. The van der Waals surface area contributed by atoms with Crippen LogP contribution in [-0.2, 0) is 9.59 Å². The number of hydrogen-bond acceptors (Lipinski definition) is 2. The Labute approximate surface area is 109 Å². The maximum Gasteiger partial charge on any atom is 0.248 e. The predicted molar refractivity (Wildman–Crippen MR) is 69.9 cm³/mol. The highest BCUT2D eigenvalue weighted by atomic mass is 16.2. The van der Waals surface area contributed by atoms with Gasteiger partial charge in [0.05, 0.1) is 0 Å². The van der Waals surface area contributed by atoms with Crippen LogP contribution >= 0.6 is 0 Å². The minimum absolute atomic E-state index is 0.00777. The van der Waals surface area contributed by atoms with Crippen molar-refractivity contribution in [3.05, 3.63) is 0 Å². The van der Waals surface area contributed by atoms with E-state index in [-0.39, 0.29) is 17.9 Å². The van der Waals surface area contributed by atoms with E-state index in [1.807, 2.05) is 20.8 Å². The van der Waals surface area contributed by atoms with E-state index < -0.39 is 5.54 Å². The number of piperazine rings is 1. The van der Waals surface area contributed by atoms with Crippen LogP contribution in [0.3, 0.4) is 0 Å². The third-order valence-electron chi connectivity index (χ3n) is 4.79. The van der Waals surface area contributed by atoms with Gasteiger partial charge in [0.1, 0.15) is 11.6 Å². The third kappa shape index (κ3) is 2.02. The number of nitrogens with one attached hydrogen (secondary N) is 1. The summed E-state index contributed by atoms with van der Waals surface area (Å²) in [4.78, 5) is 26.5. The minimum Gasteiger partial charge on any atom is -0.340 e. The Balaban J connectivity index is 2.19. The molecule has 18 heavy (non-hydrogen) atoms. The molecule has 2 rings (SSSR count). The van der Waals surface area contributed by atoms with Crippen LogP contribution in [0.15, 0.2) is 0 Å². The molecular formula is C14H24N2O2. The molecule has 1 heterocycles. The number of carbonyl (C=O) groups excluding carboxylic acids is 2. The van der Waals surface area contributed by atoms with Crippen LogP contribution < -0.4 is 5.32 Å². The highest BCUT2D eigenvalue weighted by Gasteiger charge is 2.49. The molecule has 0 aromatic heterocycles. The first kappa shape index (κ1) is 13.4. The fourth-order valence-electron chi connectivity index (χ4n) is 2.86. The van der Waals surface area contributed by atoms with Gasteiger partial charge in [-0.05, 0) is 38.0 Å². The van der Waals surface area contributed by atoms with Crippen molar-refractivity contribution in [3.63, 3.8) is 0 Å². The average molecular weight is 252 g/mol. The molecule has 0 bridgehead atoms. The normalized spacial score (nSPS) is 34.4. The average Bonchev–Trinajstić information content (AvgIpc) is 3.05. The van der Waals surface area contributed by atoms with Crippen molar-refractivity contribution < 1.29 is 9.59 Å². The van der Waals surface area contributed by atoms with Crippen LogP contribution in [-0.4, -0.2) is 34.8 Å². The summed E-state index contributed by atoms with van der Waals surface area (Å²) in [6, 6.07) is -0.323. The number of hydrogen-bond donors (Lipinski definition) is 1. The molecule has 102 valence electrons. The Hall–Kier alpha value is -1.06. The molecule has 1 saturated heterocycles. The zero-order valence-corrected chi connectivity index (χ0v) is 11.8. The fraction of sp³-hybridized carbons (Fsp3) is 0.857. The van der Waals surface area contributed by atoms with Gasteiger partial charge in [-0.15, -0.1) is 0 Å². The first-order chi connectivity index (χ1) is 8.45. The number of rotatable bonds is 4. The maximum atomic E-state index is 12.6. The van der Waals surface area contributed by atoms with Crippen molar-refractivity contribution in [1.29, 1.82) is 0 Å². The smallest absolute Gasteiger partial charge is 0.248 e. The Morgan fingerprint density at radius 2 is 1.83 bits per heavy atom. The van der Waals surface area contributed by atoms with E-state index in [9.17, 15) is 9.59 Å². The summed E-state index contributed by atoms with van der Waals surface area (Å²) in [7, 11) is 0. The molecule has 0 radical (unpaired) electrons. The molecule has 1 aliphatic heterocycles. The molecule has 1 N–H and O–H groups in total. The Bertz CT molecular complexity index is 363. The topological polar surface area (TPSA) is 49.4 Å². The Morgan fingerprint density at radius 3 is 2.28 bits per heavy atom. The summed E-state index contributed by atoms with van der Waals surface area (Å²) in [5.41, 5.74) is -0.665. The molecule has 2 amide bonds. The van der Waals surface area contributed by atoms with Crippen molar-refractivity contribution in [3.8, 4) is 0 Å². The molecular weight excluding hydrogens is 228 g/mol. The van der Waals surface area contributed by atoms with Gasteiger partial charge in [-0.2, -0.15) is 0 Å². The van der Waals surface area contributed by atoms with E-state index in [1.54, 1.807) is 4.90 Å². The van der Waals surface area contributed by atoms with E-state index in [4.69, 9.17) is 0 Å². The summed E-state index contributed by atoms with van der Waals surface area (Å²) in [5, 5.41) is 2.93. The summed E-state index contributed by atoms with van der Waals surface area (Å²) in [5.74, 6) is 1.40. The van der Waals surface area contributed by atoms with Gasteiger partial charge in [0.2, 0.25) is 11.8 Å². The monoisotopic (exact) mass is 252 g/mol. The molecule has 0 spiro atoms. The maximum absolute atomic E-state index is 12.6. The highest BCUT2D eigenvalue weighted by molar-refractivity contribution is 5.99. The summed E-state index contributed by atoms with van der Waals surface area (Å²) >= 11 is 0. The van der Waals surface area contributed by atoms with Crippen molar-refractivity contribution in [2.45, 2.75) is 58.5 Å². The van der Waals surface area contributed by atoms with Crippen LogP contribution in [0.5, 0.6) is 0 Å². The SMILES string of the molecule is CCC1(CC)NC(=O)C(C)N(CC2CC2C)C1=O. The lowest BCUT2D eigenvalue weighted by Gasteiger charge is -2.44. The lowest BCUT2D eigenvalue weighted by atomic mass is 9.87. The Morgan fingerprint density at radius 1 is 1.28 bits per heavy atom. The second kappa shape index (κ2) is 4.56. The van der Waals surface area contributed by atoms with Gasteiger partial charge in [-0.25, -0.2) is 0 Å². The summed E-state index contributed by atoms with van der Waals surface area (Å²) in [6.45, 7) is 8.72. The molecule has 1 aliphatic carbocycles. The summed E-state index contributed by atoms with van der Waals surface area (Å²) in [6.07, 6.45) is 2.51. The van der Waals surface area contributed by atoms with Crippen LogP contribution in [0.25, 0.3) is 0 Å². The molecule has 2 fully saturated rings. The number of carbonyl (C=O) groups is 2. The van der Waals surface area contributed by atoms with Crippen LogP contribution in [0.4, 0.5) is 0 Å². The van der Waals surface area contributed by atoms with E-state index >= 15 is 0 Å². The van der Waals surface area contributed by atoms with Gasteiger partial charge >= 0.3 is 0 Å². The standard InChI is InChI=1S/C14H24N2O2/c1-5-14(6-2)13(18)16(8-11-7-9(11)3)10(4)12(17)15-14/h9-11H,5-8H2,1-4H3,(H,15,17). The quantitative estimate of drug-likeness (QED) is 0.825. The zero-order chi connectivity index (χ0) is 13.5. The van der Waals surface area contributed by atoms with Crippen LogP contribution in [0.2, 0.25) is 0 Å². The van der Waals surface area contributed by atoms with Crippen LogP contribution in [0, 0.1) is 11.8 Å². The first-order valence-corrected chi connectivity index (χ1v) is 7.08. The van der Waals surface area contributed by atoms with E-state index in [1.165, 1.54) is 6.42 Å². The molecule has 1 saturated carbocycles. The summed E-state index contributed by atoms with van der Waals surface area (Å²) < 4.78 is 0. The van der Waals surface area contributed by atoms with E-state index in [0.29, 0.717) is 24.7 Å². The van der Waals surface area contributed by atoms with Crippen molar-refractivity contribution in [2.75, 3.05) is 6.54 Å². The van der Waals surface area contributed by atoms with E-state index in [2.05, 4.69) is 12.2 Å². The van der Waals surface area contributed by atoms with Crippen molar-refractivity contribution >= 4 is 11.8 Å². The zero-order valence-electron chi connectivity index (χ0n) is 11.8. The van der Waals surface area contributed by atoms with Crippen molar-refractivity contribution in [1.82, 2.24) is 10.2 Å². The van der Waals surface area contributed by atoms with Gasteiger partial charge in [0.25, 0.3) is 0 Å². The first-order valence-electron chi connectivity index (χ1n) is 7.08. The lowest BCUT2D eigenvalue weighted by molar-refractivity contribution is -0.155. The van der Waals surface area contributed by atoms with Gasteiger partial charge in [0, 0.05) is 6.54 Å². The second-order valence-electron chi connectivity index (χ2n) is 5.89. The third-order valence-corrected chi connectivity index (χ3v) is 4.79. The molecule has 4 heteroatoms. The van der Waals surface area contributed by atoms with Crippen LogP contribution in [0.1, 0.15) is 47.0 Å². The molecule has 3 unspecified atom stereocenters. The van der Waals surface area contributed by atoms with Gasteiger partial charge < -0.3 is 10.2 Å². The fourth-order valence-corrected chi connectivity index (χ4v) is 2.86. The molecule has 4 nitrogen and oxygen atoms in total. The van der Waals surface area contributed by atoms with Gasteiger partial charge in [-0.1, -0.05) is 20.8 Å². The lowest BCUT2D eigenvalue weighted by Crippen LogP contribution is -2.69. The largest absolute Gasteiger partial charge is 0.340 e.